The Morgan fingerprint density at radius 1 is 1.02 bits per heavy atom. The molecule has 1 saturated heterocycles. The number of carbonyl (C=O) groups excluding carboxylic acids is 1. The van der Waals surface area contributed by atoms with Crippen LogP contribution in [0.2, 0.25) is 0 Å². The Bertz CT molecular complexity index is 1420. The van der Waals surface area contributed by atoms with Crippen molar-refractivity contribution in [3.8, 4) is 17.2 Å². The van der Waals surface area contributed by atoms with Crippen LogP contribution in [0.5, 0.6) is 17.2 Å². The molecule has 0 bridgehead atoms. The van der Waals surface area contributed by atoms with Crippen molar-refractivity contribution in [1.29, 1.82) is 0 Å². The van der Waals surface area contributed by atoms with E-state index in [0.717, 1.165) is 16.9 Å². The van der Waals surface area contributed by atoms with Crippen molar-refractivity contribution in [2.24, 2.45) is 5.73 Å². The molecule has 13 heteroatoms. The highest BCUT2D eigenvalue weighted by atomic mass is 31.2. The molecular formula is C31H36NO11P. The van der Waals surface area contributed by atoms with E-state index in [0.29, 0.717) is 44.0 Å². The molecule has 0 radical (unpaired) electrons. The lowest BCUT2D eigenvalue weighted by Crippen LogP contribution is -2.40. The number of aryl methyl sites for hydroxylation is 1. The molecule has 0 aromatic heterocycles. The van der Waals surface area contributed by atoms with Crippen LogP contribution in [0.4, 0.5) is 0 Å². The second-order valence-electron chi connectivity index (χ2n) is 10.0. The number of benzene rings is 3. The first-order valence-corrected chi connectivity index (χ1v) is 15.6. The first-order chi connectivity index (χ1) is 21.2. The van der Waals surface area contributed by atoms with Gasteiger partial charge in [0.25, 0.3) is 0 Å². The second-order valence-corrected chi connectivity index (χ2v) is 11.5. The number of carbonyl (C=O) groups is 2. The fourth-order valence-electron chi connectivity index (χ4n) is 4.36. The van der Waals surface area contributed by atoms with E-state index in [1.165, 1.54) is 0 Å². The number of hydrogen-bond donors (Lipinski definition) is 3. The van der Waals surface area contributed by atoms with E-state index in [2.05, 4.69) is 0 Å². The summed E-state index contributed by atoms with van der Waals surface area (Å²) < 4.78 is 45.2. The molecule has 3 aromatic rings. The van der Waals surface area contributed by atoms with Crippen LogP contribution in [0.1, 0.15) is 30.4 Å². The predicted molar refractivity (Wildman–Crippen MR) is 158 cm³/mol. The highest BCUT2D eigenvalue weighted by Crippen LogP contribution is 2.46. The van der Waals surface area contributed by atoms with Crippen LogP contribution in [0.15, 0.2) is 78.9 Å². The highest BCUT2D eigenvalue weighted by Gasteiger charge is 2.36. The second kappa shape index (κ2) is 16.3. The Balaban J connectivity index is 1.25. The van der Waals surface area contributed by atoms with Gasteiger partial charge in [-0.05, 0) is 60.7 Å². The Kier molecular flexibility index (Phi) is 12.3. The minimum Gasteiger partial charge on any atom is -0.489 e. The zero-order valence-electron chi connectivity index (χ0n) is 24.0. The van der Waals surface area contributed by atoms with Gasteiger partial charge >= 0.3 is 19.8 Å². The SMILES string of the molecule is N[C@@H](COP(=O)(O)O[C@@H]1CCCO[C@@H]1COC(=O)CCc1ccccc1OCc1cccc(Oc2ccccc2)c1)C(=O)O. The Morgan fingerprint density at radius 3 is 2.57 bits per heavy atom. The third kappa shape index (κ3) is 10.7. The van der Waals surface area contributed by atoms with Crippen molar-refractivity contribution in [3.05, 3.63) is 90.0 Å². The molecule has 1 aliphatic rings. The van der Waals surface area contributed by atoms with Gasteiger partial charge in [0.15, 0.2) is 0 Å². The Labute approximate surface area is 255 Å². The number of para-hydroxylation sites is 2. The van der Waals surface area contributed by atoms with E-state index < -0.39 is 44.6 Å². The van der Waals surface area contributed by atoms with E-state index >= 15 is 0 Å². The van der Waals surface area contributed by atoms with Crippen molar-refractivity contribution in [2.45, 2.75) is 50.5 Å². The molecule has 1 fully saturated rings. The summed E-state index contributed by atoms with van der Waals surface area (Å²) in [6.07, 6.45) is -0.381. The lowest BCUT2D eigenvalue weighted by Gasteiger charge is -2.32. The smallest absolute Gasteiger partial charge is 0.472 e. The summed E-state index contributed by atoms with van der Waals surface area (Å²) in [7, 11) is -4.63. The number of esters is 1. The molecule has 1 heterocycles. The van der Waals surface area contributed by atoms with Crippen LogP contribution in [0.3, 0.4) is 0 Å². The van der Waals surface area contributed by atoms with E-state index in [9.17, 15) is 19.0 Å². The number of ether oxygens (including phenoxy) is 4. The number of carboxylic acids is 1. The number of carboxylic acid groups (broad SMARTS) is 1. The molecule has 1 unspecified atom stereocenters. The number of phosphoric acid groups is 1. The lowest BCUT2D eigenvalue weighted by atomic mass is 10.1. The fourth-order valence-corrected chi connectivity index (χ4v) is 5.35. The molecule has 0 saturated carbocycles. The van der Waals surface area contributed by atoms with Crippen molar-refractivity contribution >= 4 is 19.8 Å². The van der Waals surface area contributed by atoms with Crippen LogP contribution >= 0.6 is 7.82 Å². The van der Waals surface area contributed by atoms with Gasteiger partial charge in [-0.15, -0.1) is 0 Å². The standard InChI is InChI=1S/C31H36NO11P/c32-26(31(34)35)20-41-44(36,37)43-28-14-7-17-38-29(28)21-40-30(33)16-15-23-9-4-5-13-27(23)39-19-22-8-6-12-25(18-22)42-24-10-2-1-3-11-24/h1-6,8-13,18,26,28-29H,7,14-17,19-21,32H2,(H,34,35)(H,36,37)/t26-,28+,29+/m0/s1. The van der Waals surface area contributed by atoms with Crippen LogP contribution in [-0.4, -0.2) is 60.0 Å². The maximum absolute atomic E-state index is 12.6. The molecule has 0 amide bonds. The minimum absolute atomic E-state index is 0.0632. The van der Waals surface area contributed by atoms with E-state index in [1.54, 1.807) is 0 Å². The number of nitrogens with two attached hydrogens (primary N) is 1. The van der Waals surface area contributed by atoms with Crippen LogP contribution in [0, 0.1) is 0 Å². The summed E-state index contributed by atoms with van der Waals surface area (Å²) in [6, 6.07) is 23.0. The van der Waals surface area contributed by atoms with E-state index in [-0.39, 0.29) is 13.0 Å². The minimum atomic E-state index is -4.63. The number of hydrogen-bond acceptors (Lipinski definition) is 10. The largest absolute Gasteiger partial charge is 0.489 e. The molecule has 4 N–H and O–H groups in total. The average Bonchev–Trinajstić information content (AvgIpc) is 3.02. The summed E-state index contributed by atoms with van der Waals surface area (Å²) >= 11 is 0. The summed E-state index contributed by atoms with van der Waals surface area (Å²) in [5, 5.41) is 8.82. The highest BCUT2D eigenvalue weighted by molar-refractivity contribution is 7.47. The summed E-state index contributed by atoms with van der Waals surface area (Å²) in [5.41, 5.74) is 7.05. The maximum atomic E-state index is 12.6. The maximum Gasteiger partial charge on any atom is 0.472 e. The molecule has 4 atom stereocenters. The molecule has 3 aromatic carbocycles. The molecule has 44 heavy (non-hydrogen) atoms. The Morgan fingerprint density at radius 2 is 1.77 bits per heavy atom. The monoisotopic (exact) mass is 629 g/mol. The molecule has 1 aliphatic heterocycles. The first kappa shape index (κ1) is 33.1. The lowest BCUT2D eigenvalue weighted by molar-refractivity contribution is -0.154. The zero-order valence-corrected chi connectivity index (χ0v) is 24.9. The number of aliphatic carboxylic acids is 1. The van der Waals surface area contributed by atoms with Crippen molar-refractivity contribution in [3.63, 3.8) is 0 Å². The van der Waals surface area contributed by atoms with Gasteiger partial charge in [0, 0.05) is 13.0 Å². The first-order valence-electron chi connectivity index (χ1n) is 14.1. The van der Waals surface area contributed by atoms with Gasteiger partial charge < -0.3 is 34.7 Å². The summed E-state index contributed by atoms with van der Waals surface area (Å²) in [6.45, 7) is -0.253. The molecule has 236 valence electrons. The molecule has 12 nitrogen and oxygen atoms in total. The molecular weight excluding hydrogens is 593 g/mol. The summed E-state index contributed by atoms with van der Waals surface area (Å²) in [4.78, 5) is 33.4. The van der Waals surface area contributed by atoms with Gasteiger partial charge in [-0.1, -0.05) is 48.5 Å². The average molecular weight is 630 g/mol. The fraction of sp³-hybridized carbons (Fsp3) is 0.355. The molecule has 4 rings (SSSR count). The van der Waals surface area contributed by atoms with E-state index in [4.69, 9.17) is 38.8 Å². The van der Waals surface area contributed by atoms with Crippen molar-refractivity contribution < 1.29 is 52.1 Å². The van der Waals surface area contributed by atoms with Crippen LogP contribution in [-0.2, 0) is 45.7 Å². The third-order valence-electron chi connectivity index (χ3n) is 6.63. The van der Waals surface area contributed by atoms with Crippen molar-refractivity contribution in [2.75, 3.05) is 19.8 Å². The van der Waals surface area contributed by atoms with Gasteiger partial charge in [-0.25, -0.2) is 4.57 Å². The predicted octanol–water partition coefficient (Wildman–Crippen LogP) is 4.63. The van der Waals surface area contributed by atoms with Crippen molar-refractivity contribution in [1.82, 2.24) is 0 Å². The summed E-state index contributed by atoms with van der Waals surface area (Å²) in [5.74, 6) is 0.194. The van der Waals surface area contributed by atoms with Crippen LogP contribution < -0.4 is 15.2 Å². The van der Waals surface area contributed by atoms with Gasteiger partial charge in [0.1, 0.15) is 42.6 Å². The van der Waals surface area contributed by atoms with E-state index in [1.807, 2.05) is 78.9 Å². The van der Waals surface area contributed by atoms with Crippen LogP contribution in [0.25, 0.3) is 0 Å². The number of phosphoric ester groups is 1. The van der Waals surface area contributed by atoms with Gasteiger partial charge in [-0.2, -0.15) is 0 Å². The quantitative estimate of drug-likeness (QED) is 0.148. The van der Waals surface area contributed by atoms with Gasteiger partial charge in [0.2, 0.25) is 0 Å². The topological polar surface area (TPSA) is 173 Å². The molecule has 0 aliphatic carbocycles. The van der Waals surface area contributed by atoms with Gasteiger partial charge in [0.05, 0.1) is 12.7 Å². The zero-order chi connectivity index (χ0) is 31.4. The molecule has 0 spiro atoms. The third-order valence-corrected chi connectivity index (χ3v) is 7.65. The normalized spacial score (nSPS) is 18.5. The van der Waals surface area contributed by atoms with Gasteiger partial charge in [-0.3, -0.25) is 18.6 Å². The number of rotatable bonds is 16. The Hall–Kier alpha value is -3.77.